The van der Waals surface area contributed by atoms with Crippen LogP contribution in [-0.4, -0.2) is 22.3 Å². The lowest BCUT2D eigenvalue weighted by Gasteiger charge is -2.25. The summed E-state index contributed by atoms with van der Waals surface area (Å²) < 4.78 is 0. The average Bonchev–Trinajstić information content (AvgIpc) is 2.99. The first kappa shape index (κ1) is 14.4. The minimum atomic E-state index is -0.158. The maximum Gasteiger partial charge on any atom is 0.274 e. The molecule has 108 valence electrons. The number of pyridine rings is 1. The van der Waals surface area contributed by atoms with E-state index in [9.17, 15) is 4.79 Å². The van der Waals surface area contributed by atoms with Crippen molar-refractivity contribution in [2.75, 3.05) is 6.54 Å². The van der Waals surface area contributed by atoms with Crippen molar-refractivity contribution in [2.45, 2.75) is 18.9 Å². The summed E-state index contributed by atoms with van der Waals surface area (Å²) >= 11 is 12.0. The fraction of sp³-hybridized carbons (Fsp3) is 0.250. The molecule has 1 amide bonds. The van der Waals surface area contributed by atoms with Gasteiger partial charge < -0.3 is 4.90 Å². The van der Waals surface area contributed by atoms with Gasteiger partial charge in [-0.05, 0) is 30.5 Å². The van der Waals surface area contributed by atoms with Crippen LogP contribution in [0.3, 0.4) is 0 Å². The second-order valence-electron chi connectivity index (χ2n) is 5.03. The molecule has 1 saturated heterocycles. The molecule has 5 heteroatoms. The molecule has 21 heavy (non-hydrogen) atoms. The minimum absolute atomic E-state index is 0.0792. The van der Waals surface area contributed by atoms with Crippen molar-refractivity contribution in [2.24, 2.45) is 0 Å². The van der Waals surface area contributed by atoms with Crippen LogP contribution in [0.1, 0.15) is 34.9 Å². The number of likely N-dealkylation sites (tertiary alicyclic amines) is 1. The predicted molar refractivity (Wildman–Crippen MR) is 83.7 cm³/mol. The molecule has 1 aromatic heterocycles. The summed E-state index contributed by atoms with van der Waals surface area (Å²) in [5, 5.41) is 0.612. The maximum absolute atomic E-state index is 12.7. The van der Waals surface area contributed by atoms with Gasteiger partial charge >= 0.3 is 0 Å². The van der Waals surface area contributed by atoms with Gasteiger partial charge in [0.1, 0.15) is 10.8 Å². The zero-order chi connectivity index (χ0) is 14.8. The highest BCUT2D eigenvalue weighted by atomic mass is 35.5. The van der Waals surface area contributed by atoms with Crippen LogP contribution in [0, 0.1) is 0 Å². The number of hydrogen-bond donors (Lipinski definition) is 0. The molecular formula is C16H14Cl2N2O. The largest absolute Gasteiger partial charge is 0.330 e. The standard InChI is InChI=1S/C16H14Cl2N2O/c17-12-8-9-14(18)19-15(12)16(21)20-10-4-7-13(20)11-5-2-1-3-6-11/h1-3,5-6,8-9,13H,4,7,10H2/t13-/m1/s1. The Kier molecular flexibility index (Phi) is 4.13. The molecule has 0 aliphatic carbocycles. The van der Waals surface area contributed by atoms with Crippen molar-refractivity contribution in [3.8, 4) is 0 Å². The zero-order valence-electron chi connectivity index (χ0n) is 11.3. The average molecular weight is 321 g/mol. The van der Waals surface area contributed by atoms with Crippen molar-refractivity contribution >= 4 is 29.1 Å². The van der Waals surface area contributed by atoms with Crippen LogP contribution < -0.4 is 0 Å². The number of nitrogens with zero attached hydrogens (tertiary/aromatic N) is 2. The van der Waals surface area contributed by atoms with Gasteiger partial charge in [0.2, 0.25) is 0 Å². The predicted octanol–water partition coefficient (Wildman–Crippen LogP) is 4.37. The fourth-order valence-electron chi connectivity index (χ4n) is 2.74. The first-order chi connectivity index (χ1) is 10.2. The van der Waals surface area contributed by atoms with E-state index in [-0.39, 0.29) is 22.8 Å². The van der Waals surface area contributed by atoms with Gasteiger partial charge in [-0.2, -0.15) is 0 Å². The van der Waals surface area contributed by atoms with E-state index in [2.05, 4.69) is 4.98 Å². The number of aromatic nitrogens is 1. The Bertz CT molecular complexity index is 661. The van der Waals surface area contributed by atoms with E-state index in [1.54, 1.807) is 12.1 Å². The van der Waals surface area contributed by atoms with Crippen LogP contribution in [0.2, 0.25) is 10.2 Å². The first-order valence-electron chi connectivity index (χ1n) is 6.85. The molecule has 0 saturated carbocycles. The van der Waals surface area contributed by atoms with Crippen molar-refractivity contribution in [1.29, 1.82) is 0 Å². The lowest BCUT2D eigenvalue weighted by molar-refractivity contribution is 0.0730. The molecule has 0 radical (unpaired) electrons. The normalized spacial score (nSPS) is 18.0. The van der Waals surface area contributed by atoms with Crippen LogP contribution in [0.25, 0.3) is 0 Å². The molecule has 0 spiro atoms. The second kappa shape index (κ2) is 6.04. The van der Waals surface area contributed by atoms with Gasteiger partial charge in [-0.25, -0.2) is 4.98 Å². The van der Waals surface area contributed by atoms with E-state index in [0.717, 1.165) is 18.4 Å². The van der Waals surface area contributed by atoms with Crippen molar-refractivity contribution in [3.63, 3.8) is 0 Å². The Morgan fingerprint density at radius 3 is 2.67 bits per heavy atom. The Morgan fingerprint density at radius 1 is 1.14 bits per heavy atom. The smallest absolute Gasteiger partial charge is 0.274 e. The van der Waals surface area contributed by atoms with Gasteiger partial charge in [0, 0.05) is 6.54 Å². The molecule has 0 N–H and O–H groups in total. The Hall–Kier alpha value is -1.58. The van der Waals surface area contributed by atoms with Gasteiger partial charge in [-0.1, -0.05) is 53.5 Å². The summed E-state index contributed by atoms with van der Waals surface area (Å²) in [6.45, 7) is 0.711. The molecule has 1 aliphatic rings. The third-order valence-corrected chi connectivity index (χ3v) is 4.23. The molecule has 0 bridgehead atoms. The summed E-state index contributed by atoms with van der Waals surface area (Å²) in [7, 11) is 0. The third kappa shape index (κ3) is 2.89. The summed E-state index contributed by atoms with van der Waals surface area (Å²) in [6.07, 6.45) is 1.93. The van der Waals surface area contributed by atoms with Crippen molar-refractivity contribution in [3.05, 3.63) is 63.9 Å². The van der Waals surface area contributed by atoms with Crippen LogP contribution in [-0.2, 0) is 0 Å². The molecule has 1 fully saturated rings. The van der Waals surface area contributed by atoms with E-state index < -0.39 is 0 Å². The Labute approximate surface area is 133 Å². The van der Waals surface area contributed by atoms with Crippen molar-refractivity contribution < 1.29 is 4.79 Å². The molecule has 0 unspecified atom stereocenters. The van der Waals surface area contributed by atoms with E-state index in [0.29, 0.717) is 11.6 Å². The maximum atomic E-state index is 12.7. The van der Waals surface area contributed by atoms with Crippen molar-refractivity contribution in [1.82, 2.24) is 9.88 Å². The lowest BCUT2D eigenvalue weighted by atomic mass is 10.0. The van der Waals surface area contributed by atoms with Gasteiger partial charge in [0.25, 0.3) is 5.91 Å². The summed E-state index contributed by atoms with van der Waals surface area (Å²) in [5.74, 6) is -0.158. The molecule has 1 aromatic carbocycles. The summed E-state index contributed by atoms with van der Waals surface area (Å²) in [5.41, 5.74) is 1.37. The Balaban J connectivity index is 1.92. The minimum Gasteiger partial charge on any atom is -0.330 e. The summed E-state index contributed by atoms with van der Waals surface area (Å²) in [4.78, 5) is 18.6. The Morgan fingerprint density at radius 2 is 1.90 bits per heavy atom. The second-order valence-corrected chi connectivity index (χ2v) is 5.83. The van der Waals surface area contributed by atoms with E-state index >= 15 is 0 Å². The third-order valence-electron chi connectivity index (χ3n) is 3.71. The van der Waals surface area contributed by atoms with E-state index in [1.165, 1.54) is 0 Å². The molecule has 3 rings (SSSR count). The molecular weight excluding hydrogens is 307 g/mol. The SMILES string of the molecule is O=C(c1nc(Cl)ccc1Cl)N1CCC[C@@H]1c1ccccc1. The van der Waals surface area contributed by atoms with Crippen LogP contribution in [0.4, 0.5) is 0 Å². The molecule has 1 atom stereocenters. The molecule has 2 aromatic rings. The highest BCUT2D eigenvalue weighted by molar-refractivity contribution is 6.34. The highest BCUT2D eigenvalue weighted by Crippen LogP contribution is 2.33. The number of halogens is 2. The number of carbonyl (C=O) groups excluding carboxylic acids is 1. The van der Waals surface area contributed by atoms with E-state index in [1.807, 2.05) is 35.2 Å². The van der Waals surface area contributed by atoms with Crippen LogP contribution in [0.15, 0.2) is 42.5 Å². The number of hydrogen-bond acceptors (Lipinski definition) is 2. The van der Waals surface area contributed by atoms with Gasteiger partial charge in [0.15, 0.2) is 0 Å². The van der Waals surface area contributed by atoms with E-state index in [4.69, 9.17) is 23.2 Å². The van der Waals surface area contributed by atoms with Crippen LogP contribution in [0.5, 0.6) is 0 Å². The topological polar surface area (TPSA) is 33.2 Å². The number of benzene rings is 1. The monoisotopic (exact) mass is 320 g/mol. The highest BCUT2D eigenvalue weighted by Gasteiger charge is 2.32. The molecule has 3 nitrogen and oxygen atoms in total. The fourth-order valence-corrected chi connectivity index (χ4v) is 3.07. The first-order valence-corrected chi connectivity index (χ1v) is 7.60. The molecule has 2 heterocycles. The van der Waals surface area contributed by atoms with Gasteiger partial charge in [-0.3, -0.25) is 4.79 Å². The number of amides is 1. The zero-order valence-corrected chi connectivity index (χ0v) is 12.8. The van der Waals surface area contributed by atoms with Gasteiger partial charge in [-0.15, -0.1) is 0 Å². The molecule has 1 aliphatic heterocycles. The summed E-state index contributed by atoms with van der Waals surface area (Å²) in [6, 6.07) is 13.3. The number of rotatable bonds is 2. The quantitative estimate of drug-likeness (QED) is 0.770. The van der Waals surface area contributed by atoms with Crippen LogP contribution >= 0.6 is 23.2 Å². The lowest BCUT2D eigenvalue weighted by Crippen LogP contribution is -2.31. The number of carbonyl (C=O) groups is 1. The van der Waals surface area contributed by atoms with Gasteiger partial charge in [0.05, 0.1) is 11.1 Å².